The van der Waals surface area contributed by atoms with Crippen LogP contribution in [-0.2, 0) is 0 Å². The molecule has 18 heavy (non-hydrogen) atoms. The van der Waals surface area contributed by atoms with E-state index in [2.05, 4.69) is 52.3 Å². The third-order valence-corrected chi connectivity index (χ3v) is 3.80. The van der Waals surface area contributed by atoms with Crippen LogP contribution in [0, 0.1) is 0 Å². The highest BCUT2D eigenvalue weighted by molar-refractivity contribution is 7.07. The molecule has 0 bridgehead atoms. The van der Waals surface area contributed by atoms with Gasteiger partial charge in [0.05, 0.1) is 0 Å². The zero-order chi connectivity index (χ0) is 12.4. The third-order valence-electron chi connectivity index (χ3n) is 3.10. The summed E-state index contributed by atoms with van der Waals surface area (Å²) in [5.74, 6) is 0. The summed E-state index contributed by atoms with van der Waals surface area (Å²) in [6.45, 7) is 2.18. The van der Waals surface area contributed by atoms with Gasteiger partial charge < -0.3 is 5.32 Å². The first kappa shape index (κ1) is 11.2. The number of aromatic nitrogens is 1. The van der Waals surface area contributed by atoms with Crippen molar-refractivity contribution >= 4 is 27.8 Å². The van der Waals surface area contributed by atoms with E-state index in [4.69, 9.17) is 0 Å². The van der Waals surface area contributed by atoms with E-state index in [1.54, 1.807) is 11.3 Å². The summed E-state index contributed by atoms with van der Waals surface area (Å²) < 4.78 is 0. The van der Waals surface area contributed by atoms with Gasteiger partial charge in [0.1, 0.15) is 0 Å². The fraction of sp³-hybridized carbons (Fsp3) is 0.133. The number of benzene rings is 1. The number of thiophene rings is 1. The smallest absolute Gasteiger partial charge is 0.0494 e. The largest absolute Gasteiger partial charge is 0.378 e. The van der Waals surface area contributed by atoms with Gasteiger partial charge in [0.15, 0.2) is 0 Å². The molecule has 1 aromatic carbocycles. The van der Waals surface area contributed by atoms with Crippen molar-refractivity contribution in [2.45, 2.75) is 13.0 Å². The molecule has 2 nitrogen and oxygen atoms in total. The fourth-order valence-electron chi connectivity index (χ4n) is 2.08. The maximum Gasteiger partial charge on any atom is 0.0494 e. The van der Waals surface area contributed by atoms with Crippen LogP contribution in [0.4, 0.5) is 5.69 Å². The van der Waals surface area contributed by atoms with Crippen LogP contribution < -0.4 is 5.32 Å². The summed E-state index contributed by atoms with van der Waals surface area (Å²) in [6.07, 6.45) is 3.74. The molecule has 0 radical (unpaired) electrons. The van der Waals surface area contributed by atoms with Gasteiger partial charge in [-0.1, -0.05) is 12.1 Å². The highest BCUT2D eigenvalue weighted by atomic mass is 32.1. The molecule has 3 aromatic rings. The fourth-order valence-corrected chi connectivity index (χ4v) is 2.83. The molecular weight excluding hydrogens is 240 g/mol. The summed E-state index contributed by atoms with van der Waals surface area (Å²) in [4.78, 5) is 4.21. The van der Waals surface area contributed by atoms with E-state index in [0.29, 0.717) is 6.04 Å². The van der Waals surface area contributed by atoms with Crippen molar-refractivity contribution in [1.82, 2.24) is 4.98 Å². The number of hydrogen-bond donors (Lipinski definition) is 1. The van der Waals surface area contributed by atoms with Crippen molar-refractivity contribution in [3.05, 3.63) is 59.0 Å². The molecule has 0 aliphatic rings. The Hall–Kier alpha value is -1.87. The van der Waals surface area contributed by atoms with E-state index in [9.17, 15) is 0 Å². The minimum Gasteiger partial charge on any atom is -0.378 e. The second-order valence-corrected chi connectivity index (χ2v) is 5.11. The van der Waals surface area contributed by atoms with Crippen LogP contribution in [0.2, 0.25) is 0 Å². The standard InChI is InChI=1S/C15H14N2S/c1-11(13-6-8-18-10-13)17-15-4-2-3-12-5-7-16-9-14(12)15/h2-11,17H,1H3. The molecule has 0 amide bonds. The average Bonchev–Trinajstić information content (AvgIpc) is 2.93. The van der Waals surface area contributed by atoms with Gasteiger partial charge in [0.25, 0.3) is 0 Å². The van der Waals surface area contributed by atoms with Crippen LogP contribution in [0.15, 0.2) is 53.5 Å². The minimum atomic E-state index is 0.307. The quantitative estimate of drug-likeness (QED) is 0.746. The second kappa shape index (κ2) is 4.78. The molecule has 0 spiro atoms. The lowest BCUT2D eigenvalue weighted by Crippen LogP contribution is -2.05. The number of pyridine rings is 1. The Balaban J connectivity index is 1.95. The Labute approximate surface area is 110 Å². The highest BCUT2D eigenvalue weighted by Gasteiger charge is 2.07. The number of hydrogen-bond acceptors (Lipinski definition) is 3. The molecule has 3 heteroatoms. The van der Waals surface area contributed by atoms with Gasteiger partial charge in [-0.2, -0.15) is 11.3 Å². The Morgan fingerprint density at radius 3 is 3.00 bits per heavy atom. The van der Waals surface area contributed by atoms with Crippen LogP contribution in [-0.4, -0.2) is 4.98 Å². The van der Waals surface area contributed by atoms with Gasteiger partial charge in [0.2, 0.25) is 0 Å². The predicted octanol–water partition coefficient (Wildman–Crippen LogP) is 4.47. The van der Waals surface area contributed by atoms with Crippen molar-refractivity contribution in [3.8, 4) is 0 Å². The van der Waals surface area contributed by atoms with Gasteiger partial charge >= 0.3 is 0 Å². The number of nitrogens with one attached hydrogen (secondary N) is 1. The van der Waals surface area contributed by atoms with Crippen molar-refractivity contribution in [1.29, 1.82) is 0 Å². The molecule has 1 N–H and O–H groups in total. The summed E-state index contributed by atoms with van der Waals surface area (Å²) in [5, 5.41) is 10.2. The first-order valence-corrected chi connectivity index (χ1v) is 6.90. The van der Waals surface area contributed by atoms with Crippen LogP contribution >= 0.6 is 11.3 Å². The van der Waals surface area contributed by atoms with Gasteiger partial charge in [-0.05, 0) is 46.8 Å². The number of nitrogens with zero attached hydrogens (tertiary/aromatic N) is 1. The molecule has 0 aliphatic carbocycles. The maximum atomic E-state index is 4.21. The van der Waals surface area contributed by atoms with Gasteiger partial charge in [0, 0.05) is 29.5 Å². The topological polar surface area (TPSA) is 24.9 Å². The van der Waals surface area contributed by atoms with E-state index >= 15 is 0 Å². The lowest BCUT2D eigenvalue weighted by Gasteiger charge is -2.15. The summed E-state index contributed by atoms with van der Waals surface area (Å²) in [6, 6.07) is 10.8. The second-order valence-electron chi connectivity index (χ2n) is 4.33. The van der Waals surface area contributed by atoms with E-state index in [-0.39, 0.29) is 0 Å². The van der Waals surface area contributed by atoms with Crippen molar-refractivity contribution < 1.29 is 0 Å². The normalized spacial score (nSPS) is 12.5. The van der Waals surface area contributed by atoms with E-state index in [1.807, 2.05) is 18.5 Å². The molecule has 1 atom stereocenters. The minimum absolute atomic E-state index is 0.307. The SMILES string of the molecule is CC(Nc1cccc2ccncc12)c1ccsc1. The predicted molar refractivity (Wildman–Crippen MR) is 78.1 cm³/mol. The first-order chi connectivity index (χ1) is 8.84. The molecule has 2 aromatic heterocycles. The van der Waals surface area contributed by atoms with E-state index < -0.39 is 0 Å². The van der Waals surface area contributed by atoms with Gasteiger partial charge in [-0.15, -0.1) is 0 Å². The zero-order valence-electron chi connectivity index (χ0n) is 10.1. The number of anilines is 1. The molecule has 0 saturated heterocycles. The Morgan fingerprint density at radius 1 is 1.22 bits per heavy atom. The Morgan fingerprint density at radius 2 is 2.17 bits per heavy atom. The molecule has 2 heterocycles. The highest BCUT2D eigenvalue weighted by Crippen LogP contribution is 2.27. The Kier molecular flexibility index (Phi) is 2.99. The lowest BCUT2D eigenvalue weighted by molar-refractivity contribution is 0.892. The van der Waals surface area contributed by atoms with Gasteiger partial charge in [-0.25, -0.2) is 0 Å². The van der Waals surface area contributed by atoms with E-state index in [1.165, 1.54) is 16.3 Å². The average molecular weight is 254 g/mol. The van der Waals surface area contributed by atoms with Crippen LogP contribution in [0.3, 0.4) is 0 Å². The van der Waals surface area contributed by atoms with E-state index in [0.717, 1.165) is 5.69 Å². The number of fused-ring (bicyclic) bond motifs is 1. The monoisotopic (exact) mass is 254 g/mol. The number of rotatable bonds is 3. The molecule has 1 unspecified atom stereocenters. The van der Waals surface area contributed by atoms with Gasteiger partial charge in [-0.3, -0.25) is 4.98 Å². The van der Waals surface area contributed by atoms with Crippen molar-refractivity contribution in [2.75, 3.05) is 5.32 Å². The maximum absolute atomic E-state index is 4.21. The molecule has 90 valence electrons. The summed E-state index contributed by atoms with van der Waals surface area (Å²) >= 11 is 1.73. The van der Waals surface area contributed by atoms with Crippen molar-refractivity contribution in [2.24, 2.45) is 0 Å². The molecule has 0 saturated carbocycles. The Bertz CT molecular complexity index is 641. The van der Waals surface area contributed by atoms with Crippen LogP contribution in [0.1, 0.15) is 18.5 Å². The third kappa shape index (κ3) is 2.09. The summed E-state index contributed by atoms with van der Waals surface area (Å²) in [5.41, 5.74) is 2.46. The molecule has 0 fully saturated rings. The zero-order valence-corrected chi connectivity index (χ0v) is 10.9. The van der Waals surface area contributed by atoms with Crippen molar-refractivity contribution in [3.63, 3.8) is 0 Å². The molecular formula is C15H14N2S. The van der Waals surface area contributed by atoms with Crippen LogP contribution in [0.25, 0.3) is 10.8 Å². The summed E-state index contributed by atoms with van der Waals surface area (Å²) in [7, 11) is 0. The molecule has 0 aliphatic heterocycles. The van der Waals surface area contributed by atoms with Crippen LogP contribution in [0.5, 0.6) is 0 Å². The lowest BCUT2D eigenvalue weighted by atomic mass is 10.1. The molecule has 3 rings (SSSR count). The first-order valence-electron chi connectivity index (χ1n) is 5.96.